The third kappa shape index (κ3) is 3.05. The van der Waals surface area contributed by atoms with Gasteiger partial charge in [-0.25, -0.2) is 0 Å². The van der Waals surface area contributed by atoms with Gasteiger partial charge in [-0.05, 0) is 51.4 Å². The Balaban J connectivity index is 1.60. The molecule has 0 spiro atoms. The van der Waals surface area contributed by atoms with Crippen molar-refractivity contribution in [3.8, 4) is 0 Å². The quantitative estimate of drug-likeness (QED) is 0.903. The molecule has 1 atom stereocenters. The van der Waals surface area contributed by atoms with Crippen LogP contribution in [0.3, 0.4) is 0 Å². The number of carbonyl (C=O) groups excluding carboxylic acids is 1. The fraction of sp³-hybridized carbons (Fsp3) is 0.588. The minimum atomic E-state index is -0.0455. The van der Waals surface area contributed by atoms with Crippen LogP contribution in [-0.2, 0) is 11.2 Å². The highest BCUT2D eigenvalue weighted by atomic mass is 16.2. The Labute approximate surface area is 127 Å². The molecule has 1 aromatic rings. The molecule has 1 N–H and O–H groups in total. The van der Waals surface area contributed by atoms with Crippen LogP contribution in [-0.4, -0.2) is 55.0 Å². The number of anilines is 1. The van der Waals surface area contributed by atoms with Gasteiger partial charge in [0.05, 0.1) is 0 Å². The summed E-state index contributed by atoms with van der Waals surface area (Å²) >= 11 is 0. The zero-order chi connectivity index (χ0) is 14.8. The summed E-state index contributed by atoms with van der Waals surface area (Å²) in [5, 5.41) is 3.43. The lowest BCUT2D eigenvalue weighted by molar-refractivity contribution is -0.133. The van der Waals surface area contributed by atoms with Crippen LogP contribution < -0.4 is 5.32 Å². The highest BCUT2D eigenvalue weighted by molar-refractivity contribution is 5.85. The number of hydrogen-bond acceptors (Lipinski definition) is 3. The number of carbonyl (C=O) groups is 1. The van der Waals surface area contributed by atoms with Crippen LogP contribution in [0, 0.1) is 0 Å². The molecular formula is C17H25N3O. The van der Waals surface area contributed by atoms with Gasteiger partial charge in [0, 0.05) is 24.8 Å². The van der Waals surface area contributed by atoms with Crippen LogP contribution in [0.5, 0.6) is 0 Å². The van der Waals surface area contributed by atoms with E-state index in [1.807, 2.05) is 11.0 Å². The molecule has 1 unspecified atom stereocenters. The molecule has 0 saturated carbocycles. The number of aryl methyl sites for hydroxylation is 1. The average Bonchev–Trinajstić information content (AvgIpc) is 2.54. The summed E-state index contributed by atoms with van der Waals surface area (Å²) < 4.78 is 0. The number of benzene rings is 1. The highest BCUT2D eigenvalue weighted by Crippen LogP contribution is 2.26. The number of nitrogens with one attached hydrogen (secondary N) is 1. The molecule has 4 heteroatoms. The lowest BCUT2D eigenvalue weighted by Crippen LogP contribution is -2.50. The smallest absolute Gasteiger partial charge is 0.245 e. The van der Waals surface area contributed by atoms with Crippen molar-refractivity contribution in [3.05, 3.63) is 29.8 Å². The van der Waals surface area contributed by atoms with Crippen LogP contribution in [0.4, 0.5) is 5.69 Å². The maximum absolute atomic E-state index is 12.7. The van der Waals surface area contributed by atoms with E-state index in [1.54, 1.807) is 0 Å². The first-order chi connectivity index (χ1) is 10.1. The Morgan fingerprint density at radius 2 is 1.90 bits per heavy atom. The van der Waals surface area contributed by atoms with E-state index in [0.717, 1.165) is 44.5 Å². The summed E-state index contributed by atoms with van der Waals surface area (Å²) in [5.74, 6) is 0.279. The zero-order valence-electron chi connectivity index (χ0n) is 13.0. The van der Waals surface area contributed by atoms with Crippen LogP contribution in [0.2, 0.25) is 0 Å². The molecule has 0 aliphatic carbocycles. The first-order valence-corrected chi connectivity index (χ1v) is 7.95. The molecule has 114 valence electrons. The van der Waals surface area contributed by atoms with Gasteiger partial charge < -0.3 is 15.1 Å². The minimum Gasteiger partial charge on any atom is -0.373 e. The van der Waals surface area contributed by atoms with E-state index in [4.69, 9.17) is 0 Å². The Kier molecular flexibility index (Phi) is 4.15. The highest BCUT2D eigenvalue weighted by Gasteiger charge is 2.30. The van der Waals surface area contributed by atoms with E-state index < -0.39 is 0 Å². The molecule has 0 bridgehead atoms. The molecule has 1 amide bonds. The van der Waals surface area contributed by atoms with Gasteiger partial charge in [0.2, 0.25) is 5.91 Å². The first-order valence-electron chi connectivity index (χ1n) is 7.95. The Morgan fingerprint density at radius 1 is 1.19 bits per heavy atom. The van der Waals surface area contributed by atoms with Gasteiger partial charge in [-0.1, -0.05) is 18.2 Å². The molecule has 1 fully saturated rings. The summed E-state index contributed by atoms with van der Waals surface area (Å²) in [7, 11) is 4.25. The van der Waals surface area contributed by atoms with Crippen molar-refractivity contribution in [2.24, 2.45) is 0 Å². The van der Waals surface area contributed by atoms with Crippen LogP contribution in [0.15, 0.2) is 24.3 Å². The second-order valence-electron chi connectivity index (χ2n) is 6.41. The number of para-hydroxylation sites is 1. The second-order valence-corrected chi connectivity index (χ2v) is 6.41. The number of fused-ring (bicyclic) bond motifs is 1. The number of nitrogens with zero attached hydrogens (tertiary/aromatic N) is 2. The summed E-state index contributed by atoms with van der Waals surface area (Å²) in [4.78, 5) is 17.0. The number of piperidine rings is 1. The van der Waals surface area contributed by atoms with Crippen LogP contribution in [0.25, 0.3) is 0 Å². The zero-order valence-corrected chi connectivity index (χ0v) is 13.0. The Hall–Kier alpha value is -1.55. The molecule has 1 saturated heterocycles. The van der Waals surface area contributed by atoms with Crippen molar-refractivity contribution in [1.82, 2.24) is 9.80 Å². The predicted octanol–water partition coefficient (Wildman–Crippen LogP) is 1.97. The van der Waals surface area contributed by atoms with Crippen molar-refractivity contribution >= 4 is 11.6 Å². The molecule has 3 rings (SSSR count). The molecule has 0 radical (unpaired) electrons. The summed E-state index contributed by atoms with van der Waals surface area (Å²) in [5.41, 5.74) is 2.46. The predicted molar refractivity (Wildman–Crippen MR) is 85.5 cm³/mol. The third-order valence-electron chi connectivity index (χ3n) is 4.85. The number of hydrogen-bond donors (Lipinski definition) is 1. The van der Waals surface area contributed by atoms with Crippen molar-refractivity contribution in [3.63, 3.8) is 0 Å². The van der Waals surface area contributed by atoms with E-state index >= 15 is 0 Å². The van der Waals surface area contributed by atoms with Gasteiger partial charge in [0.25, 0.3) is 0 Å². The molecule has 2 aliphatic rings. The van der Waals surface area contributed by atoms with E-state index in [-0.39, 0.29) is 11.9 Å². The molecule has 1 aromatic carbocycles. The van der Waals surface area contributed by atoms with Crippen molar-refractivity contribution in [2.45, 2.75) is 37.8 Å². The van der Waals surface area contributed by atoms with E-state index in [0.29, 0.717) is 6.04 Å². The maximum Gasteiger partial charge on any atom is 0.245 e. The maximum atomic E-state index is 12.7. The summed E-state index contributed by atoms with van der Waals surface area (Å²) in [6, 6.07) is 8.89. The van der Waals surface area contributed by atoms with Crippen molar-refractivity contribution in [1.29, 1.82) is 0 Å². The Bertz CT molecular complexity index is 507. The average molecular weight is 287 g/mol. The largest absolute Gasteiger partial charge is 0.373 e. The fourth-order valence-corrected chi connectivity index (χ4v) is 3.45. The fourth-order valence-electron chi connectivity index (χ4n) is 3.45. The SMILES string of the molecule is CN(C)C1CCN(C(=O)C2CCc3ccccc3N2)CC1. The monoisotopic (exact) mass is 287 g/mol. The van der Waals surface area contributed by atoms with Crippen molar-refractivity contribution in [2.75, 3.05) is 32.5 Å². The number of amides is 1. The lowest BCUT2D eigenvalue weighted by Gasteiger charge is -2.38. The molecule has 4 nitrogen and oxygen atoms in total. The summed E-state index contributed by atoms with van der Waals surface area (Å²) in [6.45, 7) is 1.78. The van der Waals surface area contributed by atoms with Gasteiger partial charge in [0.15, 0.2) is 0 Å². The van der Waals surface area contributed by atoms with Gasteiger partial charge in [-0.2, -0.15) is 0 Å². The Morgan fingerprint density at radius 3 is 2.62 bits per heavy atom. The van der Waals surface area contributed by atoms with Crippen LogP contribution >= 0.6 is 0 Å². The van der Waals surface area contributed by atoms with E-state index in [2.05, 4.69) is 42.5 Å². The van der Waals surface area contributed by atoms with Gasteiger partial charge in [0.1, 0.15) is 6.04 Å². The minimum absolute atomic E-state index is 0.0455. The van der Waals surface area contributed by atoms with Crippen molar-refractivity contribution < 1.29 is 4.79 Å². The molecule has 0 aromatic heterocycles. The molecule has 2 aliphatic heterocycles. The molecular weight excluding hydrogens is 262 g/mol. The third-order valence-corrected chi connectivity index (χ3v) is 4.85. The molecule has 2 heterocycles. The van der Waals surface area contributed by atoms with Gasteiger partial charge in [-0.15, -0.1) is 0 Å². The number of rotatable bonds is 2. The second kappa shape index (κ2) is 6.06. The van der Waals surface area contributed by atoms with Crippen LogP contribution in [0.1, 0.15) is 24.8 Å². The van der Waals surface area contributed by atoms with Gasteiger partial charge >= 0.3 is 0 Å². The first kappa shape index (κ1) is 14.4. The van der Waals surface area contributed by atoms with Gasteiger partial charge in [-0.3, -0.25) is 4.79 Å². The number of likely N-dealkylation sites (tertiary alicyclic amines) is 1. The topological polar surface area (TPSA) is 35.6 Å². The molecule has 21 heavy (non-hydrogen) atoms. The normalized spacial score (nSPS) is 22.8. The van der Waals surface area contributed by atoms with E-state index in [1.165, 1.54) is 5.56 Å². The lowest BCUT2D eigenvalue weighted by atomic mass is 9.96. The standard InChI is InChI=1S/C17H25N3O/c1-19(2)14-9-11-20(12-10-14)17(21)16-8-7-13-5-3-4-6-15(13)18-16/h3-6,14,16,18H,7-12H2,1-2H3. The summed E-state index contributed by atoms with van der Waals surface area (Å²) in [6.07, 6.45) is 4.07. The van der Waals surface area contributed by atoms with E-state index in [9.17, 15) is 4.79 Å².